The molecule has 3 saturated heterocycles. The smallest absolute Gasteiger partial charge is 0.331 e. The molecule has 72 heavy (non-hydrogen) atoms. The maximum atomic E-state index is 13.6. The molecule has 1 aromatic rings. The van der Waals surface area contributed by atoms with Gasteiger partial charge in [0.05, 0.1) is 25.9 Å². The highest BCUT2D eigenvalue weighted by atomic mass is 16.8. The zero-order valence-electron chi connectivity index (χ0n) is 40.6. The highest BCUT2D eigenvalue weighted by Crippen LogP contribution is 2.43. The predicted molar refractivity (Wildman–Crippen MR) is 255 cm³/mol. The zero-order chi connectivity index (χ0) is 52.7. The minimum Gasteiger partial charge on any atom is -0.508 e. The topological polar surface area (TPSA) is 342 Å². The van der Waals surface area contributed by atoms with Crippen LogP contribution in [0.5, 0.6) is 11.5 Å². The molecule has 0 saturated carbocycles. The van der Waals surface area contributed by atoms with Crippen molar-refractivity contribution in [2.24, 2.45) is 0 Å². The van der Waals surface area contributed by atoms with E-state index in [1.807, 2.05) is 18.2 Å². The van der Waals surface area contributed by atoms with Gasteiger partial charge in [0, 0.05) is 23.8 Å². The first-order chi connectivity index (χ1) is 34.6. The van der Waals surface area contributed by atoms with E-state index in [9.17, 15) is 70.9 Å². The number of carbonyl (C=O) groups is 2. The molecule has 0 bridgehead atoms. The predicted octanol–water partition coefficient (Wildman–Crippen LogP) is 1.10. The maximum absolute atomic E-state index is 13.6. The number of aliphatic hydroxyl groups is 10. The standard InChI is InChI=1S/C51H74O21/c1-3-5-7-9-11-13-16-20-31(55)21-17-15-19-23-38(59)70-48-45(65)47(39-30(26-52)24-32(56)25-33(39)57)67-35(28-54)46(48)71-51-49(72-50-44(64)42(62)40(60)34(27-53)68-50)43(63)41(61)36(69-51)29-66-37(58)22-18-14-12-10-8-6-4-2/h11-20,22-25,31,34-36,40-57,60-65H,3-10,21,26-29H2,1-2H3/b13-11+,14-12-,17-15+,20-16+,22-18+,23-19+/t31-,34-,35-,36-,40+,41+,42+,43+,44-,45+,46-,47+,48-,49-,50+,51+/m1/s1. The van der Waals surface area contributed by atoms with Crippen LogP contribution in [0.3, 0.4) is 0 Å². The average Bonchev–Trinajstić information content (AvgIpc) is 3.36. The number of carbonyl (C=O) groups excluding carboxylic acids is 2. The van der Waals surface area contributed by atoms with Crippen LogP contribution >= 0.6 is 0 Å². The van der Waals surface area contributed by atoms with Crippen molar-refractivity contribution in [1.29, 1.82) is 0 Å². The van der Waals surface area contributed by atoms with Crippen molar-refractivity contribution in [3.8, 4) is 11.5 Å². The van der Waals surface area contributed by atoms with E-state index >= 15 is 0 Å². The monoisotopic (exact) mass is 1020 g/mol. The normalized spacial score (nSPS) is 32.0. The van der Waals surface area contributed by atoms with Gasteiger partial charge in [0.1, 0.15) is 91.4 Å². The van der Waals surface area contributed by atoms with Crippen molar-refractivity contribution in [3.05, 3.63) is 96.2 Å². The molecule has 0 aliphatic carbocycles. The number of hydrogen-bond donors (Lipinski definition) is 12. The van der Waals surface area contributed by atoms with Crippen molar-refractivity contribution in [3.63, 3.8) is 0 Å². The molecule has 0 aromatic heterocycles. The number of hydrogen-bond acceptors (Lipinski definition) is 21. The van der Waals surface area contributed by atoms with Gasteiger partial charge in [-0.2, -0.15) is 0 Å². The van der Waals surface area contributed by atoms with E-state index in [0.29, 0.717) is 0 Å². The van der Waals surface area contributed by atoms with Crippen LogP contribution in [-0.4, -0.2) is 185 Å². The molecular formula is C51H74O21. The minimum absolute atomic E-state index is 0.126. The molecule has 0 radical (unpaired) electrons. The molecule has 1 aromatic carbocycles. The fraction of sp³-hybridized carbons (Fsp3) is 0.608. The van der Waals surface area contributed by atoms with Crippen LogP contribution in [0.15, 0.2) is 85.0 Å². The van der Waals surface area contributed by atoms with Crippen LogP contribution in [0.25, 0.3) is 0 Å². The van der Waals surface area contributed by atoms with Gasteiger partial charge in [-0.1, -0.05) is 100 Å². The summed E-state index contributed by atoms with van der Waals surface area (Å²) in [4.78, 5) is 26.3. The number of aliphatic hydroxyl groups excluding tert-OH is 10. The molecule has 3 fully saturated rings. The van der Waals surface area contributed by atoms with E-state index in [-0.39, 0.29) is 17.5 Å². The molecule has 21 heteroatoms. The first-order valence-corrected chi connectivity index (χ1v) is 24.4. The Balaban J connectivity index is 1.66. The van der Waals surface area contributed by atoms with Crippen LogP contribution in [0.1, 0.15) is 88.9 Å². The second-order valence-corrected chi connectivity index (χ2v) is 17.6. The molecule has 3 aliphatic heterocycles. The Morgan fingerprint density at radius 1 is 0.625 bits per heavy atom. The number of ether oxygens (including phenoxy) is 7. The van der Waals surface area contributed by atoms with Crippen molar-refractivity contribution in [1.82, 2.24) is 0 Å². The Morgan fingerprint density at radius 2 is 1.22 bits per heavy atom. The van der Waals surface area contributed by atoms with Gasteiger partial charge in [-0.05, 0) is 43.7 Å². The van der Waals surface area contributed by atoms with Gasteiger partial charge in [0.15, 0.2) is 18.7 Å². The van der Waals surface area contributed by atoms with Gasteiger partial charge in [-0.25, -0.2) is 9.59 Å². The molecule has 3 aliphatic rings. The Hall–Kier alpha value is -4.40. The number of benzene rings is 1. The Kier molecular flexibility index (Phi) is 26.2. The number of unbranched alkanes of at least 4 members (excludes halogenated alkanes) is 6. The second kappa shape index (κ2) is 31.4. The number of rotatable bonds is 27. The summed E-state index contributed by atoms with van der Waals surface area (Å²) in [6.07, 6.45) is -2.13. The van der Waals surface area contributed by atoms with E-state index < -0.39 is 148 Å². The lowest BCUT2D eigenvalue weighted by atomic mass is 9.88. The number of aromatic hydroxyl groups is 2. The fourth-order valence-corrected chi connectivity index (χ4v) is 8.13. The van der Waals surface area contributed by atoms with E-state index in [1.54, 1.807) is 24.3 Å². The Morgan fingerprint density at radius 3 is 1.86 bits per heavy atom. The summed E-state index contributed by atoms with van der Waals surface area (Å²) >= 11 is 0. The van der Waals surface area contributed by atoms with Gasteiger partial charge in [0.25, 0.3) is 0 Å². The van der Waals surface area contributed by atoms with E-state index in [1.165, 1.54) is 18.2 Å². The molecule has 16 atom stereocenters. The van der Waals surface area contributed by atoms with Crippen molar-refractivity contribution < 1.29 is 104 Å². The summed E-state index contributed by atoms with van der Waals surface area (Å²) in [5.41, 5.74) is -0.392. The maximum Gasteiger partial charge on any atom is 0.331 e. The molecule has 4 rings (SSSR count). The van der Waals surface area contributed by atoms with Gasteiger partial charge >= 0.3 is 11.9 Å². The largest absolute Gasteiger partial charge is 0.508 e. The lowest BCUT2D eigenvalue weighted by molar-refractivity contribution is -0.383. The van der Waals surface area contributed by atoms with Gasteiger partial charge < -0.3 is 94.4 Å². The zero-order valence-corrected chi connectivity index (χ0v) is 40.6. The van der Waals surface area contributed by atoms with Crippen molar-refractivity contribution in [2.45, 2.75) is 176 Å². The summed E-state index contributed by atoms with van der Waals surface area (Å²) in [5, 5.41) is 129. The van der Waals surface area contributed by atoms with Crippen molar-refractivity contribution >= 4 is 11.9 Å². The van der Waals surface area contributed by atoms with E-state index in [0.717, 1.165) is 75.7 Å². The van der Waals surface area contributed by atoms with Gasteiger partial charge in [-0.3, -0.25) is 0 Å². The second-order valence-electron chi connectivity index (χ2n) is 17.6. The number of esters is 2. The molecular weight excluding hydrogens is 949 g/mol. The number of phenolic OH excluding ortho intramolecular Hbond substituents is 2. The van der Waals surface area contributed by atoms with Crippen LogP contribution in [-0.2, 0) is 49.4 Å². The van der Waals surface area contributed by atoms with Crippen LogP contribution in [0.2, 0.25) is 0 Å². The van der Waals surface area contributed by atoms with Crippen molar-refractivity contribution in [2.75, 3.05) is 19.8 Å². The molecule has 0 amide bonds. The Labute approximate surface area is 418 Å². The van der Waals surface area contributed by atoms with Crippen LogP contribution < -0.4 is 0 Å². The minimum atomic E-state index is -2.09. The third-order valence-electron chi connectivity index (χ3n) is 12.1. The number of allylic oxidation sites excluding steroid dienone is 8. The molecule has 3 heterocycles. The summed E-state index contributed by atoms with van der Waals surface area (Å²) in [7, 11) is 0. The first-order valence-electron chi connectivity index (χ1n) is 24.4. The van der Waals surface area contributed by atoms with E-state index in [2.05, 4.69) is 13.8 Å². The molecule has 0 unspecified atom stereocenters. The van der Waals surface area contributed by atoms with Crippen LogP contribution in [0.4, 0.5) is 0 Å². The molecule has 0 spiro atoms. The summed E-state index contributed by atoms with van der Waals surface area (Å²) < 4.78 is 40.8. The molecule has 404 valence electrons. The third kappa shape index (κ3) is 17.6. The van der Waals surface area contributed by atoms with Crippen LogP contribution in [0, 0.1) is 0 Å². The summed E-state index contributed by atoms with van der Waals surface area (Å²) in [6.45, 7) is 0.838. The molecule has 12 N–H and O–H groups in total. The molecule has 21 nitrogen and oxygen atoms in total. The fourth-order valence-electron chi connectivity index (χ4n) is 8.13. The summed E-state index contributed by atoms with van der Waals surface area (Å²) in [5.74, 6) is -3.10. The first kappa shape index (κ1) is 60.2. The lowest BCUT2D eigenvalue weighted by Gasteiger charge is -2.49. The quantitative estimate of drug-likeness (QED) is 0.0254. The van der Waals surface area contributed by atoms with E-state index in [4.69, 9.17) is 33.2 Å². The third-order valence-corrected chi connectivity index (χ3v) is 12.1. The lowest BCUT2D eigenvalue weighted by Crippen LogP contribution is -2.66. The number of phenols is 2. The Bertz CT molecular complexity index is 1970. The highest BCUT2D eigenvalue weighted by molar-refractivity contribution is 5.82. The summed E-state index contributed by atoms with van der Waals surface area (Å²) in [6, 6.07) is 1.97. The van der Waals surface area contributed by atoms with Gasteiger partial charge in [0.2, 0.25) is 0 Å². The SMILES string of the molecule is CCCCC/C=C\C=C\C(=O)OC[C@H]1O[C@@H](O[C@H]2[C@H](OC(=O)/C=C/C=C/C[C@H](O)/C=C/C=C/CCCCC)[C@@H](O)[C@H](c3c(O)cc(O)cc3CO)O[C@@H]2CO)[C@H](O[C@@H]2O[C@H](CO)[C@H](O)[C@H](O)[C@H]2O)[C@@H](O)[C@H]1O. The van der Waals surface area contributed by atoms with Gasteiger partial charge in [-0.15, -0.1) is 0 Å². The average molecular weight is 1020 g/mol. The highest BCUT2D eigenvalue weighted by Gasteiger charge is 2.55.